The van der Waals surface area contributed by atoms with Crippen LogP contribution in [0.3, 0.4) is 0 Å². The number of benzene rings is 1. The first-order chi connectivity index (χ1) is 9.54. The van der Waals surface area contributed by atoms with Gasteiger partial charge in [-0.2, -0.15) is 0 Å². The third-order valence-electron chi connectivity index (χ3n) is 2.61. The largest absolute Gasteiger partial charge is 0.453 e. The number of ether oxygens (including phenoxy) is 1. The van der Waals surface area contributed by atoms with Gasteiger partial charge in [0.05, 0.1) is 6.20 Å². The standard InChI is InChI=1S/C15H16BrFN2O/c1-10(2)19-8-11-5-13(9-18-7-11)20-15-4-3-12(16)6-14(15)17/h3-7,9-10,19H,8H2,1-2H3. The van der Waals surface area contributed by atoms with Crippen LogP contribution in [-0.4, -0.2) is 11.0 Å². The van der Waals surface area contributed by atoms with Gasteiger partial charge in [0.1, 0.15) is 5.75 Å². The molecule has 0 aliphatic rings. The van der Waals surface area contributed by atoms with Gasteiger partial charge >= 0.3 is 0 Å². The van der Waals surface area contributed by atoms with E-state index in [1.54, 1.807) is 24.5 Å². The van der Waals surface area contributed by atoms with Crippen molar-refractivity contribution in [1.82, 2.24) is 10.3 Å². The Kier molecular flexibility index (Phi) is 5.09. The molecule has 0 saturated heterocycles. The zero-order chi connectivity index (χ0) is 14.5. The summed E-state index contributed by atoms with van der Waals surface area (Å²) in [6.45, 7) is 4.85. The second-order valence-electron chi connectivity index (χ2n) is 4.74. The minimum Gasteiger partial charge on any atom is -0.453 e. The fourth-order valence-electron chi connectivity index (χ4n) is 1.62. The van der Waals surface area contributed by atoms with Gasteiger partial charge in [0.15, 0.2) is 11.6 Å². The topological polar surface area (TPSA) is 34.2 Å². The zero-order valence-electron chi connectivity index (χ0n) is 11.4. The molecule has 0 atom stereocenters. The summed E-state index contributed by atoms with van der Waals surface area (Å²) in [5.41, 5.74) is 0.994. The molecule has 1 aromatic heterocycles. The van der Waals surface area contributed by atoms with Gasteiger partial charge in [-0.15, -0.1) is 0 Å². The first kappa shape index (κ1) is 14.9. The predicted octanol–water partition coefficient (Wildman–Crippen LogP) is 4.27. The van der Waals surface area contributed by atoms with E-state index in [4.69, 9.17) is 4.74 Å². The molecule has 0 fully saturated rings. The average molecular weight is 339 g/mol. The Bertz CT molecular complexity index is 590. The van der Waals surface area contributed by atoms with Crippen molar-refractivity contribution >= 4 is 15.9 Å². The van der Waals surface area contributed by atoms with Crippen molar-refractivity contribution in [3.8, 4) is 11.5 Å². The van der Waals surface area contributed by atoms with Crippen LogP contribution in [0.25, 0.3) is 0 Å². The van der Waals surface area contributed by atoms with Crippen LogP contribution in [0.2, 0.25) is 0 Å². The van der Waals surface area contributed by atoms with Gasteiger partial charge in [0, 0.05) is 23.3 Å². The van der Waals surface area contributed by atoms with Crippen molar-refractivity contribution in [2.75, 3.05) is 0 Å². The molecule has 1 heterocycles. The molecule has 0 spiro atoms. The van der Waals surface area contributed by atoms with Crippen LogP contribution in [0, 0.1) is 5.82 Å². The van der Waals surface area contributed by atoms with Gasteiger partial charge in [0.25, 0.3) is 0 Å². The Labute approximate surface area is 126 Å². The number of rotatable bonds is 5. The molecule has 1 aromatic carbocycles. The Hall–Kier alpha value is -1.46. The first-order valence-electron chi connectivity index (χ1n) is 6.35. The monoisotopic (exact) mass is 338 g/mol. The number of pyridine rings is 1. The molecule has 2 rings (SSSR count). The summed E-state index contributed by atoms with van der Waals surface area (Å²) in [6, 6.07) is 6.93. The Morgan fingerprint density at radius 3 is 2.80 bits per heavy atom. The van der Waals surface area contributed by atoms with Crippen molar-refractivity contribution < 1.29 is 9.13 Å². The number of nitrogens with zero attached hydrogens (tertiary/aromatic N) is 1. The summed E-state index contributed by atoms with van der Waals surface area (Å²) in [6.07, 6.45) is 3.33. The quantitative estimate of drug-likeness (QED) is 0.883. The van der Waals surface area contributed by atoms with Crippen LogP contribution in [0.15, 0.2) is 41.1 Å². The van der Waals surface area contributed by atoms with Gasteiger partial charge in [-0.25, -0.2) is 4.39 Å². The van der Waals surface area contributed by atoms with Crippen LogP contribution >= 0.6 is 15.9 Å². The van der Waals surface area contributed by atoms with E-state index in [0.29, 0.717) is 22.8 Å². The normalized spacial score (nSPS) is 10.8. The SMILES string of the molecule is CC(C)NCc1cncc(Oc2ccc(Br)cc2F)c1. The zero-order valence-corrected chi connectivity index (χ0v) is 12.9. The molecular weight excluding hydrogens is 323 g/mol. The molecule has 5 heteroatoms. The summed E-state index contributed by atoms with van der Waals surface area (Å²) in [7, 11) is 0. The fraction of sp³-hybridized carbons (Fsp3) is 0.267. The highest BCUT2D eigenvalue weighted by atomic mass is 79.9. The molecule has 0 amide bonds. The number of hydrogen-bond acceptors (Lipinski definition) is 3. The summed E-state index contributed by atoms with van der Waals surface area (Å²) < 4.78 is 19.9. The second kappa shape index (κ2) is 6.81. The smallest absolute Gasteiger partial charge is 0.166 e. The average Bonchev–Trinajstić information content (AvgIpc) is 2.40. The third-order valence-corrected chi connectivity index (χ3v) is 3.10. The molecule has 0 aliphatic heterocycles. The third kappa shape index (κ3) is 4.28. The van der Waals surface area contributed by atoms with E-state index in [-0.39, 0.29) is 5.75 Å². The van der Waals surface area contributed by atoms with Crippen LogP contribution < -0.4 is 10.1 Å². The predicted molar refractivity (Wildman–Crippen MR) is 80.4 cm³/mol. The van der Waals surface area contributed by atoms with Gasteiger partial charge in [-0.3, -0.25) is 4.98 Å². The van der Waals surface area contributed by atoms with Crippen molar-refractivity contribution in [2.45, 2.75) is 26.4 Å². The van der Waals surface area contributed by atoms with Gasteiger partial charge in [-0.1, -0.05) is 29.8 Å². The molecule has 3 nitrogen and oxygen atoms in total. The first-order valence-corrected chi connectivity index (χ1v) is 7.14. The molecule has 2 aromatic rings. The molecular formula is C15H16BrFN2O. The molecule has 0 unspecified atom stereocenters. The number of halogens is 2. The molecule has 106 valence electrons. The Morgan fingerprint density at radius 2 is 2.10 bits per heavy atom. The van der Waals surface area contributed by atoms with Gasteiger partial charge in [0.2, 0.25) is 0 Å². The van der Waals surface area contributed by atoms with Crippen LogP contribution in [-0.2, 0) is 6.54 Å². The van der Waals surface area contributed by atoms with E-state index in [2.05, 4.69) is 40.1 Å². The maximum atomic E-state index is 13.7. The van der Waals surface area contributed by atoms with Crippen molar-refractivity contribution in [3.05, 3.63) is 52.5 Å². The summed E-state index contributed by atoms with van der Waals surface area (Å²) >= 11 is 3.21. The van der Waals surface area contributed by atoms with Crippen LogP contribution in [0.5, 0.6) is 11.5 Å². The van der Waals surface area contributed by atoms with E-state index in [1.807, 2.05) is 6.07 Å². The molecule has 1 N–H and O–H groups in total. The number of nitrogens with one attached hydrogen (secondary N) is 1. The van der Waals surface area contributed by atoms with E-state index in [1.165, 1.54) is 6.07 Å². The minimum absolute atomic E-state index is 0.184. The summed E-state index contributed by atoms with van der Waals surface area (Å²) in [5.74, 6) is 0.295. The lowest BCUT2D eigenvalue weighted by atomic mass is 10.2. The van der Waals surface area contributed by atoms with E-state index in [0.717, 1.165) is 5.56 Å². The Balaban J connectivity index is 2.11. The summed E-state index contributed by atoms with van der Waals surface area (Å²) in [4.78, 5) is 4.11. The molecule has 0 radical (unpaired) electrons. The highest BCUT2D eigenvalue weighted by molar-refractivity contribution is 9.10. The number of hydrogen-bond donors (Lipinski definition) is 1. The van der Waals surface area contributed by atoms with Gasteiger partial charge < -0.3 is 10.1 Å². The lowest BCUT2D eigenvalue weighted by Gasteiger charge is -2.10. The maximum absolute atomic E-state index is 13.7. The summed E-state index contributed by atoms with van der Waals surface area (Å²) in [5, 5.41) is 3.30. The second-order valence-corrected chi connectivity index (χ2v) is 5.66. The number of aromatic nitrogens is 1. The molecule has 0 aliphatic carbocycles. The molecule has 0 bridgehead atoms. The minimum atomic E-state index is -0.412. The lowest BCUT2D eigenvalue weighted by Crippen LogP contribution is -2.21. The van der Waals surface area contributed by atoms with Crippen LogP contribution in [0.1, 0.15) is 19.4 Å². The van der Waals surface area contributed by atoms with Crippen molar-refractivity contribution in [3.63, 3.8) is 0 Å². The van der Waals surface area contributed by atoms with Gasteiger partial charge in [-0.05, 0) is 29.8 Å². The van der Waals surface area contributed by atoms with E-state index < -0.39 is 5.82 Å². The highest BCUT2D eigenvalue weighted by Gasteiger charge is 2.06. The Morgan fingerprint density at radius 1 is 1.30 bits per heavy atom. The van der Waals surface area contributed by atoms with Crippen LogP contribution in [0.4, 0.5) is 4.39 Å². The fourth-order valence-corrected chi connectivity index (χ4v) is 1.96. The van der Waals surface area contributed by atoms with Crippen molar-refractivity contribution in [1.29, 1.82) is 0 Å². The maximum Gasteiger partial charge on any atom is 0.166 e. The van der Waals surface area contributed by atoms with E-state index in [9.17, 15) is 4.39 Å². The molecule has 20 heavy (non-hydrogen) atoms. The lowest BCUT2D eigenvalue weighted by molar-refractivity contribution is 0.439. The van der Waals surface area contributed by atoms with Crippen molar-refractivity contribution in [2.24, 2.45) is 0 Å². The molecule has 0 saturated carbocycles. The van der Waals surface area contributed by atoms with E-state index >= 15 is 0 Å². The highest BCUT2D eigenvalue weighted by Crippen LogP contribution is 2.26.